The Morgan fingerprint density at radius 2 is 1.76 bits per heavy atom. The molecule has 0 saturated heterocycles. The van der Waals surface area contributed by atoms with Gasteiger partial charge in [0, 0.05) is 12.0 Å². The van der Waals surface area contributed by atoms with Gasteiger partial charge in [-0.05, 0) is 71.8 Å². The van der Waals surface area contributed by atoms with Crippen LogP contribution in [0.3, 0.4) is 0 Å². The zero-order chi connectivity index (χ0) is 12.8. The maximum Gasteiger partial charge on any atom is 0.133 e. The Bertz CT molecular complexity index is 429. The summed E-state index contributed by atoms with van der Waals surface area (Å²) in [4.78, 5) is 0. The average molecular weight is 298 g/mol. The van der Waals surface area contributed by atoms with Crippen LogP contribution >= 0.6 is 15.9 Å². The van der Waals surface area contributed by atoms with Crippen molar-refractivity contribution in [2.45, 2.75) is 45.4 Å². The molecule has 2 rings (SSSR count). The summed E-state index contributed by atoms with van der Waals surface area (Å²) in [5, 5.41) is 10.0. The molecule has 0 unspecified atom stereocenters. The number of hydrogen-bond donors (Lipinski definition) is 2. The SMILES string of the molecule is Cc1c(C)c(C2(CN)CCC2)c(C)c(Br)c1O. The fourth-order valence-corrected chi connectivity index (χ4v) is 3.55. The van der Waals surface area contributed by atoms with Crippen LogP contribution in [0.1, 0.15) is 41.5 Å². The number of phenolic OH excluding ortho intramolecular Hbond substituents is 1. The highest BCUT2D eigenvalue weighted by Gasteiger charge is 2.40. The lowest BCUT2D eigenvalue weighted by Crippen LogP contribution is -2.42. The van der Waals surface area contributed by atoms with E-state index in [9.17, 15) is 5.11 Å². The molecule has 1 aliphatic rings. The number of hydrogen-bond acceptors (Lipinski definition) is 2. The van der Waals surface area contributed by atoms with Gasteiger partial charge in [0.25, 0.3) is 0 Å². The molecule has 1 aromatic carbocycles. The highest BCUT2D eigenvalue weighted by Crippen LogP contribution is 2.49. The second-order valence-corrected chi connectivity index (χ2v) is 6.04. The molecule has 0 heterocycles. The highest BCUT2D eigenvalue weighted by atomic mass is 79.9. The summed E-state index contributed by atoms with van der Waals surface area (Å²) in [5.41, 5.74) is 10.8. The molecule has 0 spiro atoms. The summed E-state index contributed by atoms with van der Waals surface area (Å²) < 4.78 is 0.829. The Morgan fingerprint density at radius 3 is 2.18 bits per heavy atom. The quantitative estimate of drug-likeness (QED) is 0.878. The van der Waals surface area contributed by atoms with Gasteiger partial charge in [-0.2, -0.15) is 0 Å². The molecule has 1 saturated carbocycles. The van der Waals surface area contributed by atoms with Crippen LogP contribution in [0.15, 0.2) is 4.47 Å². The van der Waals surface area contributed by atoms with Crippen LogP contribution in [0.4, 0.5) is 0 Å². The van der Waals surface area contributed by atoms with Crippen molar-refractivity contribution in [3.8, 4) is 5.75 Å². The molecule has 0 aromatic heterocycles. The summed E-state index contributed by atoms with van der Waals surface area (Å²) in [5.74, 6) is 0.371. The summed E-state index contributed by atoms with van der Waals surface area (Å²) in [6.07, 6.45) is 3.59. The molecular formula is C14H20BrNO. The van der Waals surface area contributed by atoms with Gasteiger partial charge in [0.2, 0.25) is 0 Å². The van der Waals surface area contributed by atoms with Crippen molar-refractivity contribution in [3.05, 3.63) is 26.7 Å². The molecule has 0 aliphatic heterocycles. The van der Waals surface area contributed by atoms with Gasteiger partial charge in [-0.3, -0.25) is 0 Å². The normalized spacial score (nSPS) is 17.9. The lowest BCUT2D eigenvalue weighted by atomic mass is 9.62. The van der Waals surface area contributed by atoms with Gasteiger partial charge in [-0.25, -0.2) is 0 Å². The second-order valence-electron chi connectivity index (χ2n) is 5.25. The van der Waals surface area contributed by atoms with Crippen molar-refractivity contribution in [2.75, 3.05) is 6.54 Å². The van der Waals surface area contributed by atoms with E-state index < -0.39 is 0 Å². The summed E-state index contributed by atoms with van der Waals surface area (Å²) in [7, 11) is 0. The first-order valence-corrected chi connectivity index (χ1v) is 6.92. The van der Waals surface area contributed by atoms with Gasteiger partial charge in [-0.15, -0.1) is 0 Å². The van der Waals surface area contributed by atoms with Crippen LogP contribution in [0.5, 0.6) is 5.75 Å². The minimum Gasteiger partial charge on any atom is -0.506 e. The molecule has 0 bridgehead atoms. The van der Waals surface area contributed by atoms with Gasteiger partial charge < -0.3 is 10.8 Å². The van der Waals surface area contributed by atoms with Gasteiger partial charge >= 0.3 is 0 Å². The molecule has 3 N–H and O–H groups in total. The van der Waals surface area contributed by atoms with E-state index in [0.29, 0.717) is 12.3 Å². The Balaban J connectivity index is 2.69. The van der Waals surface area contributed by atoms with Gasteiger partial charge in [0.15, 0.2) is 0 Å². The van der Waals surface area contributed by atoms with Gasteiger partial charge in [0.1, 0.15) is 5.75 Å². The predicted octanol–water partition coefficient (Wildman–Crippen LogP) is 3.46. The topological polar surface area (TPSA) is 46.2 Å². The van der Waals surface area contributed by atoms with Crippen LogP contribution < -0.4 is 5.73 Å². The molecule has 94 valence electrons. The van der Waals surface area contributed by atoms with E-state index in [2.05, 4.69) is 29.8 Å². The van der Waals surface area contributed by atoms with E-state index in [4.69, 9.17) is 5.73 Å². The molecule has 3 heteroatoms. The Morgan fingerprint density at radius 1 is 1.18 bits per heavy atom. The fraction of sp³-hybridized carbons (Fsp3) is 0.571. The van der Waals surface area contributed by atoms with Gasteiger partial charge in [0.05, 0.1) is 4.47 Å². The van der Waals surface area contributed by atoms with E-state index in [1.165, 1.54) is 30.4 Å². The molecule has 1 fully saturated rings. The average Bonchev–Trinajstić information content (AvgIpc) is 2.27. The molecule has 1 aromatic rings. The number of aromatic hydroxyl groups is 1. The first-order valence-electron chi connectivity index (χ1n) is 6.13. The van der Waals surface area contributed by atoms with E-state index in [0.717, 1.165) is 15.6 Å². The lowest BCUT2D eigenvalue weighted by molar-refractivity contribution is 0.250. The number of nitrogens with two attached hydrogens (primary N) is 1. The third-order valence-electron chi connectivity index (χ3n) is 4.44. The van der Waals surface area contributed by atoms with Crippen molar-refractivity contribution >= 4 is 15.9 Å². The first kappa shape index (κ1) is 12.9. The number of halogens is 1. The molecular weight excluding hydrogens is 278 g/mol. The summed E-state index contributed by atoms with van der Waals surface area (Å²) >= 11 is 3.50. The smallest absolute Gasteiger partial charge is 0.133 e. The Labute approximate surface area is 111 Å². The number of rotatable bonds is 2. The highest BCUT2D eigenvalue weighted by molar-refractivity contribution is 9.10. The minimum absolute atomic E-state index is 0.148. The van der Waals surface area contributed by atoms with Crippen LogP contribution in [-0.2, 0) is 5.41 Å². The van der Waals surface area contributed by atoms with Crippen molar-refractivity contribution in [1.82, 2.24) is 0 Å². The minimum atomic E-state index is 0.148. The van der Waals surface area contributed by atoms with Crippen LogP contribution in [0.2, 0.25) is 0 Å². The molecule has 1 aliphatic carbocycles. The maximum atomic E-state index is 10.0. The van der Waals surface area contributed by atoms with E-state index in [1.807, 2.05) is 6.92 Å². The van der Waals surface area contributed by atoms with Crippen molar-refractivity contribution < 1.29 is 5.11 Å². The third-order valence-corrected chi connectivity index (χ3v) is 5.41. The van der Waals surface area contributed by atoms with Crippen LogP contribution in [-0.4, -0.2) is 11.7 Å². The Kier molecular flexibility index (Phi) is 3.25. The van der Waals surface area contributed by atoms with E-state index in [1.54, 1.807) is 0 Å². The van der Waals surface area contributed by atoms with Crippen LogP contribution in [0.25, 0.3) is 0 Å². The van der Waals surface area contributed by atoms with E-state index in [-0.39, 0.29) is 5.41 Å². The Hall–Kier alpha value is -0.540. The van der Waals surface area contributed by atoms with Crippen LogP contribution in [0, 0.1) is 20.8 Å². The summed E-state index contributed by atoms with van der Waals surface area (Å²) in [6.45, 7) is 6.84. The lowest BCUT2D eigenvalue weighted by Gasteiger charge is -2.44. The largest absolute Gasteiger partial charge is 0.506 e. The molecule has 0 amide bonds. The second kappa shape index (κ2) is 4.29. The van der Waals surface area contributed by atoms with Crippen molar-refractivity contribution in [1.29, 1.82) is 0 Å². The fourth-order valence-electron chi connectivity index (χ4n) is 3.05. The van der Waals surface area contributed by atoms with Gasteiger partial charge in [-0.1, -0.05) is 6.42 Å². The van der Waals surface area contributed by atoms with Crippen molar-refractivity contribution in [3.63, 3.8) is 0 Å². The molecule has 2 nitrogen and oxygen atoms in total. The number of phenols is 1. The molecule has 0 atom stereocenters. The summed E-state index contributed by atoms with van der Waals surface area (Å²) in [6, 6.07) is 0. The zero-order valence-corrected chi connectivity index (χ0v) is 12.3. The van der Waals surface area contributed by atoms with Crippen molar-refractivity contribution in [2.24, 2.45) is 5.73 Å². The molecule has 17 heavy (non-hydrogen) atoms. The predicted molar refractivity (Wildman–Crippen MR) is 74.6 cm³/mol. The first-order chi connectivity index (χ1) is 7.94. The molecule has 0 radical (unpaired) electrons. The maximum absolute atomic E-state index is 10.0. The monoisotopic (exact) mass is 297 g/mol. The standard InChI is InChI=1S/C14H20BrNO/c1-8-9(2)13(17)12(15)10(3)11(8)14(7-16)5-4-6-14/h17H,4-7,16H2,1-3H3. The third kappa shape index (κ3) is 1.71. The number of benzene rings is 1. The zero-order valence-electron chi connectivity index (χ0n) is 10.7. The van der Waals surface area contributed by atoms with E-state index >= 15 is 0 Å².